The third-order valence-corrected chi connectivity index (χ3v) is 3.67. The van der Waals surface area contributed by atoms with Crippen LogP contribution >= 0.6 is 11.6 Å². The summed E-state index contributed by atoms with van der Waals surface area (Å²) in [6.45, 7) is 3.61. The molecule has 2 atom stereocenters. The highest BCUT2D eigenvalue weighted by atomic mass is 35.5. The summed E-state index contributed by atoms with van der Waals surface area (Å²) in [5, 5.41) is 19.1. The van der Waals surface area contributed by atoms with Crippen LogP contribution in [0, 0.1) is 11.3 Å². The van der Waals surface area contributed by atoms with Gasteiger partial charge in [0.2, 0.25) is 0 Å². The summed E-state index contributed by atoms with van der Waals surface area (Å²) in [4.78, 5) is 23.2. The Kier molecular flexibility index (Phi) is 6.39. The molecule has 5 nitrogen and oxygen atoms in total. The van der Waals surface area contributed by atoms with Crippen molar-refractivity contribution in [3.63, 3.8) is 0 Å². The van der Waals surface area contributed by atoms with Gasteiger partial charge in [-0.1, -0.05) is 30.7 Å². The highest BCUT2D eigenvalue weighted by molar-refractivity contribution is 6.30. The van der Waals surface area contributed by atoms with Gasteiger partial charge < -0.3 is 9.84 Å². The van der Waals surface area contributed by atoms with Crippen molar-refractivity contribution in [1.29, 1.82) is 5.26 Å². The van der Waals surface area contributed by atoms with Crippen LogP contribution in [0.2, 0.25) is 5.02 Å². The van der Waals surface area contributed by atoms with Gasteiger partial charge in [0.25, 0.3) is 0 Å². The number of ether oxygens (including phenoxy) is 1. The number of hydrogen-bond donors (Lipinski definition) is 1. The molecule has 6 heteroatoms. The van der Waals surface area contributed by atoms with Crippen molar-refractivity contribution in [2.75, 3.05) is 0 Å². The van der Waals surface area contributed by atoms with E-state index in [2.05, 4.69) is 0 Å². The molecule has 2 unspecified atom stereocenters. The Labute approximate surface area is 134 Å². The first-order valence-corrected chi connectivity index (χ1v) is 7.29. The van der Waals surface area contributed by atoms with E-state index in [0.29, 0.717) is 17.0 Å². The molecule has 1 N–H and O–H groups in total. The molecule has 0 amide bonds. The summed E-state index contributed by atoms with van der Waals surface area (Å²) < 4.78 is 5.17. The number of nitriles is 1. The summed E-state index contributed by atoms with van der Waals surface area (Å²) in [6.07, 6.45) is -0.438. The van der Waals surface area contributed by atoms with E-state index in [1.807, 2.05) is 13.0 Å². The normalized spacial score (nSPS) is 14.5. The number of carbonyl (C=O) groups is 2. The van der Waals surface area contributed by atoms with E-state index in [-0.39, 0.29) is 12.5 Å². The molecule has 0 saturated carbocycles. The molecule has 0 fully saturated rings. The molecule has 1 rings (SSSR count). The molecule has 0 spiro atoms. The van der Waals surface area contributed by atoms with Crippen molar-refractivity contribution in [3.8, 4) is 6.07 Å². The Hall–Kier alpha value is -2.06. The first-order chi connectivity index (χ1) is 10.3. The molecule has 0 saturated heterocycles. The third-order valence-electron chi connectivity index (χ3n) is 3.42. The number of esters is 1. The average Bonchev–Trinajstić information content (AvgIpc) is 2.46. The minimum absolute atomic E-state index is 0.279. The lowest BCUT2D eigenvalue weighted by molar-refractivity contribution is -0.149. The van der Waals surface area contributed by atoms with Crippen LogP contribution in [0.5, 0.6) is 0 Å². The number of rotatable bonds is 7. The van der Waals surface area contributed by atoms with Crippen LogP contribution in [0.4, 0.5) is 0 Å². The highest BCUT2D eigenvalue weighted by Gasteiger charge is 2.38. The first kappa shape index (κ1) is 18.0. The van der Waals surface area contributed by atoms with Gasteiger partial charge in [0.15, 0.2) is 0 Å². The van der Waals surface area contributed by atoms with E-state index < -0.39 is 23.8 Å². The van der Waals surface area contributed by atoms with Crippen LogP contribution in [0.3, 0.4) is 0 Å². The topological polar surface area (TPSA) is 87.4 Å². The van der Waals surface area contributed by atoms with Gasteiger partial charge in [-0.25, -0.2) is 0 Å². The van der Waals surface area contributed by atoms with E-state index in [1.54, 1.807) is 31.2 Å². The van der Waals surface area contributed by atoms with Crippen LogP contribution in [-0.4, -0.2) is 23.1 Å². The molecule has 1 aromatic rings. The molecule has 0 aliphatic heterocycles. The zero-order valence-corrected chi connectivity index (χ0v) is 13.3. The van der Waals surface area contributed by atoms with E-state index in [4.69, 9.17) is 21.4 Å². The summed E-state index contributed by atoms with van der Waals surface area (Å²) in [5.41, 5.74) is -1.04. The monoisotopic (exact) mass is 323 g/mol. The summed E-state index contributed by atoms with van der Waals surface area (Å²) in [7, 11) is 0. The van der Waals surface area contributed by atoms with E-state index in [0.717, 1.165) is 0 Å². The zero-order valence-electron chi connectivity index (χ0n) is 12.5. The Morgan fingerprint density at radius 1 is 1.36 bits per heavy atom. The van der Waals surface area contributed by atoms with Gasteiger partial charge in [-0.15, -0.1) is 0 Å². The number of halogens is 1. The van der Waals surface area contributed by atoms with Crippen LogP contribution < -0.4 is 0 Å². The lowest BCUT2D eigenvalue weighted by Crippen LogP contribution is -2.32. The van der Waals surface area contributed by atoms with Crippen LogP contribution in [0.15, 0.2) is 24.3 Å². The van der Waals surface area contributed by atoms with E-state index >= 15 is 0 Å². The summed E-state index contributed by atoms with van der Waals surface area (Å²) in [5.74, 6) is -1.75. The summed E-state index contributed by atoms with van der Waals surface area (Å²) >= 11 is 5.81. The standard InChI is InChI=1S/C16H18ClNO4/c1-3-11(2)22-15(21)9-16(10-18,8-14(19)20)12-4-6-13(17)7-5-12/h4-7,11H,3,8-9H2,1-2H3,(H,19,20). The van der Waals surface area contributed by atoms with Crippen molar-refractivity contribution in [2.45, 2.75) is 44.6 Å². The van der Waals surface area contributed by atoms with Crippen LogP contribution in [0.25, 0.3) is 0 Å². The van der Waals surface area contributed by atoms with Gasteiger partial charge in [-0.05, 0) is 31.0 Å². The predicted octanol–water partition coefficient (Wildman–Crippen LogP) is 3.31. The molecule has 0 heterocycles. The fraction of sp³-hybridized carbons (Fsp3) is 0.438. The molecule has 1 aromatic carbocycles. The number of carboxylic acids is 1. The fourth-order valence-electron chi connectivity index (χ4n) is 2.03. The Morgan fingerprint density at radius 2 is 1.95 bits per heavy atom. The maximum atomic E-state index is 12.0. The van der Waals surface area contributed by atoms with Crippen molar-refractivity contribution in [1.82, 2.24) is 0 Å². The minimum atomic E-state index is -1.47. The Morgan fingerprint density at radius 3 is 2.41 bits per heavy atom. The Bertz CT molecular complexity index is 579. The van der Waals surface area contributed by atoms with Crippen LogP contribution in [0.1, 0.15) is 38.7 Å². The molecule has 0 aliphatic carbocycles. The second-order valence-electron chi connectivity index (χ2n) is 5.16. The molecule has 0 bridgehead atoms. The molecular formula is C16H18ClNO4. The molecule has 0 aliphatic rings. The molecule has 0 aromatic heterocycles. The number of hydrogen-bond acceptors (Lipinski definition) is 4. The van der Waals surface area contributed by atoms with Crippen molar-refractivity contribution >= 4 is 23.5 Å². The molecule has 0 radical (unpaired) electrons. The minimum Gasteiger partial charge on any atom is -0.481 e. The maximum Gasteiger partial charge on any atom is 0.308 e. The van der Waals surface area contributed by atoms with Crippen molar-refractivity contribution < 1.29 is 19.4 Å². The lowest BCUT2D eigenvalue weighted by Gasteiger charge is -2.25. The first-order valence-electron chi connectivity index (χ1n) is 6.91. The van der Waals surface area contributed by atoms with E-state index in [1.165, 1.54) is 0 Å². The predicted molar refractivity (Wildman–Crippen MR) is 81.5 cm³/mol. The van der Waals surface area contributed by atoms with Crippen LogP contribution in [-0.2, 0) is 19.7 Å². The number of aliphatic carboxylic acids is 1. The van der Waals surface area contributed by atoms with Gasteiger partial charge in [-0.2, -0.15) is 5.26 Å². The van der Waals surface area contributed by atoms with E-state index in [9.17, 15) is 14.9 Å². The molecular weight excluding hydrogens is 306 g/mol. The lowest BCUT2D eigenvalue weighted by atomic mass is 9.76. The van der Waals surface area contributed by atoms with Gasteiger partial charge in [0.05, 0.1) is 25.0 Å². The van der Waals surface area contributed by atoms with Gasteiger partial charge in [-0.3, -0.25) is 9.59 Å². The highest BCUT2D eigenvalue weighted by Crippen LogP contribution is 2.33. The van der Waals surface area contributed by atoms with Crippen molar-refractivity contribution in [2.24, 2.45) is 0 Å². The van der Waals surface area contributed by atoms with Gasteiger partial charge in [0.1, 0.15) is 5.41 Å². The number of carboxylic acid groups (broad SMARTS) is 1. The molecule has 118 valence electrons. The fourth-order valence-corrected chi connectivity index (χ4v) is 2.16. The average molecular weight is 324 g/mol. The van der Waals surface area contributed by atoms with Gasteiger partial charge >= 0.3 is 11.9 Å². The second kappa shape index (κ2) is 7.81. The Balaban J connectivity index is 3.11. The number of carbonyl (C=O) groups excluding carboxylic acids is 1. The largest absolute Gasteiger partial charge is 0.481 e. The zero-order chi connectivity index (χ0) is 16.8. The smallest absolute Gasteiger partial charge is 0.308 e. The number of nitrogens with zero attached hydrogens (tertiary/aromatic N) is 1. The van der Waals surface area contributed by atoms with Gasteiger partial charge in [0, 0.05) is 5.02 Å². The SMILES string of the molecule is CCC(C)OC(=O)CC(C#N)(CC(=O)O)c1ccc(Cl)cc1. The third kappa shape index (κ3) is 4.74. The maximum absolute atomic E-state index is 12.0. The number of benzene rings is 1. The second-order valence-corrected chi connectivity index (χ2v) is 5.59. The molecule has 22 heavy (non-hydrogen) atoms. The summed E-state index contributed by atoms with van der Waals surface area (Å²) in [6, 6.07) is 8.22. The quantitative estimate of drug-likeness (QED) is 0.778. The van der Waals surface area contributed by atoms with Crippen molar-refractivity contribution in [3.05, 3.63) is 34.9 Å².